The van der Waals surface area contributed by atoms with E-state index in [0.29, 0.717) is 6.42 Å². The highest BCUT2D eigenvalue weighted by Gasteiger charge is 2.32. The summed E-state index contributed by atoms with van der Waals surface area (Å²) < 4.78 is 4.61. The van der Waals surface area contributed by atoms with Gasteiger partial charge in [-0.05, 0) is 34.3 Å². The number of rotatable bonds is 5. The van der Waals surface area contributed by atoms with Gasteiger partial charge in [-0.25, -0.2) is 0 Å². The Kier molecular flexibility index (Phi) is 4.65. The molecule has 0 spiro atoms. The van der Waals surface area contributed by atoms with Crippen molar-refractivity contribution in [2.45, 2.75) is 12.0 Å². The minimum atomic E-state index is -1.11. The van der Waals surface area contributed by atoms with E-state index < -0.39 is 5.60 Å². The van der Waals surface area contributed by atoms with Gasteiger partial charge in [-0.1, -0.05) is 91.0 Å². The number of hydrogen-bond acceptors (Lipinski definition) is 3. The maximum atomic E-state index is 11.7. The second-order valence-electron chi connectivity index (χ2n) is 6.32. The molecular formula is C23H19NOS. The Morgan fingerprint density at radius 1 is 0.731 bits per heavy atom. The van der Waals surface area contributed by atoms with Gasteiger partial charge in [0.25, 0.3) is 0 Å². The fraction of sp³-hybridized carbons (Fsp3) is 0.0870. The average molecular weight is 357 g/mol. The topological polar surface area (TPSA) is 33.1 Å². The lowest BCUT2D eigenvalue weighted by Gasteiger charge is -2.28. The van der Waals surface area contributed by atoms with Crippen molar-refractivity contribution < 1.29 is 5.11 Å². The van der Waals surface area contributed by atoms with Crippen LogP contribution >= 0.6 is 11.5 Å². The standard InChI is InChI=1S/C23H19NOS/c25-23(19-12-6-2-7-13-19,20-14-8-3-9-15-20)17-21-16-22(26-24-21)18-10-4-1-5-11-18/h1-16,25H,17H2. The molecule has 0 aliphatic carbocycles. The molecular weight excluding hydrogens is 338 g/mol. The molecule has 0 aliphatic rings. The molecule has 0 saturated carbocycles. The monoisotopic (exact) mass is 357 g/mol. The summed E-state index contributed by atoms with van der Waals surface area (Å²) in [6.45, 7) is 0. The summed E-state index contributed by atoms with van der Waals surface area (Å²) in [5.74, 6) is 0. The summed E-state index contributed by atoms with van der Waals surface area (Å²) in [6, 6.07) is 31.9. The van der Waals surface area contributed by atoms with Crippen LogP contribution in [0.15, 0.2) is 97.1 Å². The molecule has 1 N–H and O–H groups in total. The molecule has 128 valence electrons. The average Bonchev–Trinajstić information content (AvgIpc) is 3.18. The van der Waals surface area contributed by atoms with Gasteiger partial charge in [0.05, 0.1) is 10.6 Å². The minimum Gasteiger partial charge on any atom is -0.380 e. The molecule has 4 aromatic rings. The first-order chi connectivity index (χ1) is 12.8. The molecule has 0 unspecified atom stereocenters. The molecule has 0 atom stereocenters. The van der Waals surface area contributed by atoms with Gasteiger partial charge in [-0.3, -0.25) is 0 Å². The van der Waals surface area contributed by atoms with Crippen molar-refractivity contribution in [3.63, 3.8) is 0 Å². The summed E-state index contributed by atoms with van der Waals surface area (Å²) in [5, 5.41) is 11.7. The summed E-state index contributed by atoms with van der Waals surface area (Å²) in [5.41, 5.74) is 2.69. The van der Waals surface area contributed by atoms with E-state index >= 15 is 0 Å². The van der Waals surface area contributed by atoms with Crippen molar-refractivity contribution in [3.05, 3.63) is 114 Å². The van der Waals surface area contributed by atoms with Crippen molar-refractivity contribution in [1.29, 1.82) is 0 Å². The van der Waals surface area contributed by atoms with Crippen molar-refractivity contribution in [1.82, 2.24) is 4.37 Å². The Balaban J connectivity index is 1.72. The van der Waals surface area contributed by atoms with Gasteiger partial charge >= 0.3 is 0 Å². The third-order valence-electron chi connectivity index (χ3n) is 4.56. The highest BCUT2D eigenvalue weighted by atomic mass is 32.1. The second kappa shape index (κ2) is 7.24. The first kappa shape index (κ1) is 16.7. The van der Waals surface area contributed by atoms with Gasteiger partial charge in [0.15, 0.2) is 0 Å². The molecule has 0 fully saturated rings. The summed E-state index contributed by atoms with van der Waals surface area (Å²) in [4.78, 5) is 1.11. The molecule has 0 radical (unpaired) electrons. The zero-order valence-corrected chi connectivity index (χ0v) is 15.1. The van der Waals surface area contributed by atoms with E-state index in [2.05, 4.69) is 22.6 Å². The van der Waals surface area contributed by atoms with E-state index in [1.54, 1.807) is 0 Å². The number of hydrogen-bond donors (Lipinski definition) is 1. The molecule has 0 bridgehead atoms. The van der Waals surface area contributed by atoms with E-state index in [0.717, 1.165) is 27.3 Å². The van der Waals surface area contributed by atoms with Gasteiger partial charge in [-0.15, -0.1) is 0 Å². The summed E-state index contributed by atoms with van der Waals surface area (Å²) in [7, 11) is 0. The third kappa shape index (κ3) is 3.32. The SMILES string of the molecule is OC(Cc1cc(-c2ccccc2)sn1)(c1ccccc1)c1ccccc1. The van der Waals surface area contributed by atoms with Crippen molar-refractivity contribution in [2.24, 2.45) is 0 Å². The largest absolute Gasteiger partial charge is 0.380 e. The first-order valence-corrected chi connectivity index (χ1v) is 9.37. The molecule has 0 saturated heterocycles. The van der Waals surface area contributed by atoms with E-state index in [1.807, 2.05) is 78.9 Å². The predicted octanol–water partition coefficient (Wildman–Crippen LogP) is 5.29. The summed E-state index contributed by atoms with van der Waals surface area (Å²) in [6.07, 6.45) is 0.435. The minimum absolute atomic E-state index is 0.435. The lowest BCUT2D eigenvalue weighted by molar-refractivity contribution is 0.0803. The fourth-order valence-corrected chi connectivity index (χ4v) is 3.96. The Morgan fingerprint density at radius 2 is 1.23 bits per heavy atom. The highest BCUT2D eigenvalue weighted by molar-refractivity contribution is 7.09. The molecule has 3 aromatic carbocycles. The molecule has 26 heavy (non-hydrogen) atoms. The van der Waals surface area contributed by atoms with Crippen LogP contribution in [0.4, 0.5) is 0 Å². The van der Waals surface area contributed by atoms with Gasteiger partial charge in [0.1, 0.15) is 5.60 Å². The van der Waals surface area contributed by atoms with Crippen molar-refractivity contribution in [3.8, 4) is 10.4 Å². The van der Waals surface area contributed by atoms with E-state index in [-0.39, 0.29) is 0 Å². The van der Waals surface area contributed by atoms with Crippen molar-refractivity contribution >= 4 is 11.5 Å². The quantitative estimate of drug-likeness (QED) is 0.526. The fourth-order valence-electron chi connectivity index (χ4n) is 3.19. The zero-order valence-electron chi connectivity index (χ0n) is 14.2. The van der Waals surface area contributed by atoms with Crippen LogP contribution in [0, 0.1) is 0 Å². The van der Waals surface area contributed by atoms with E-state index in [1.165, 1.54) is 11.5 Å². The molecule has 4 rings (SSSR count). The zero-order chi connectivity index (χ0) is 17.8. The number of aromatic nitrogens is 1. The van der Waals surface area contributed by atoms with Crippen LogP contribution in [0.3, 0.4) is 0 Å². The van der Waals surface area contributed by atoms with Crippen LogP contribution in [0.25, 0.3) is 10.4 Å². The van der Waals surface area contributed by atoms with Gasteiger partial charge in [0.2, 0.25) is 0 Å². The number of nitrogens with zero attached hydrogens (tertiary/aromatic N) is 1. The van der Waals surface area contributed by atoms with E-state index in [4.69, 9.17) is 0 Å². The lowest BCUT2D eigenvalue weighted by Crippen LogP contribution is -2.30. The predicted molar refractivity (Wildman–Crippen MR) is 107 cm³/mol. The Labute approximate surface area is 157 Å². The first-order valence-electron chi connectivity index (χ1n) is 8.60. The molecule has 1 aromatic heterocycles. The maximum Gasteiger partial charge on any atom is 0.120 e. The normalized spacial score (nSPS) is 11.4. The molecule has 1 heterocycles. The maximum absolute atomic E-state index is 11.7. The lowest BCUT2D eigenvalue weighted by atomic mass is 9.82. The highest BCUT2D eigenvalue weighted by Crippen LogP contribution is 2.34. The van der Waals surface area contributed by atoms with Gasteiger partial charge in [-0.2, -0.15) is 4.37 Å². The van der Waals surface area contributed by atoms with Gasteiger partial charge < -0.3 is 5.11 Å². The number of benzene rings is 3. The van der Waals surface area contributed by atoms with Crippen LogP contribution in [0.5, 0.6) is 0 Å². The Bertz CT molecular complexity index is 925. The van der Waals surface area contributed by atoms with E-state index in [9.17, 15) is 5.11 Å². The Morgan fingerprint density at radius 3 is 1.77 bits per heavy atom. The molecule has 0 amide bonds. The van der Waals surface area contributed by atoms with Crippen LogP contribution in [-0.2, 0) is 12.0 Å². The van der Waals surface area contributed by atoms with Crippen LogP contribution in [0.2, 0.25) is 0 Å². The van der Waals surface area contributed by atoms with Crippen LogP contribution < -0.4 is 0 Å². The third-order valence-corrected chi connectivity index (χ3v) is 5.43. The molecule has 0 aliphatic heterocycles. The van der Waals surface area contributed by atoms with Crippen LogP contribution in [0.1, 0.15) is 16.8 Å². The van der Waals surface area contributed by atoms with Crippen LogP contribution in [-0.4, -0.2) is 9.48 Å². The molecule has 3 heteroatoms. The van der Waals surface area contributed by atoms with Gasteiger partial charge in [0, 0.05) is 6.42 Å². The molecule has 2 nitrogen and oxygen atoms in total. The number of aliphatic hydroxyl groups is 1. The second-order valence-corrected chi connectivity index (χ2v) is 7.12. The Hall–Kier alpha value is -2.75. The summed E-state index contributed by atoms with van der Waals surface area (Å²) >= 11 is 1.47. The van der Waals surface area contributed by atoms with Crippen molar-refractivity contribution in [2.75, 3.05) is 0 Å². The smallest absolute Gasteiger partial charge is 0.120 e.